The van der Waals surface area contributed by atoms with Gasteiger partial charge in [0.15, 0.2) is 0 Å². The van der Waals surface area contributed by atoms with Gasteiger partial charge in [-0.1, -0.05) is 6.07 Å². The third-order valence-electron chi connectivity index (χ3n) is 4.93. The molecule has 2 aromatic carbocycles. The zero-order valence-corrected chi connectivity index (χ0v) is 16.2. The van der Waals surface area contributed by atoms with Gasteiger partial charge in [-0.3, -0.25) is 4.90 Å². The van der Waals surface area contributed by atoms with Crippen LogP contribution in [-0.4, -0.2) is 37.7 Å². The van der Waals surface area contributed by atoms with Gasteiger partial charge in [0.2, 0.25) is 0 Å². The number of hydrogen-bond acceptors (Lipinski definition) is 4. The van der Waals surface area contributed by atoms with Gasteiger partial charge in [-0.15, -0.1) is 0 Å². The summed E-state index contributed by atoms with van der Waals surface area (Å²) in [5.41, 5.74) is 3.34. The maximum Gasteiger partial charge on any atom is 0.124 e. The number of methoxy groups -OCH3 is 1. The number of piperidine rings is 1. The second kappa shape index (κ2) is 9.72. The molecule has 3 rings (SSSR count). The molecule has 0 amide bonds. The van der Waals surface area contributed by atoms with Gasteiger partial charge >= 0.3 is 0 Å². The third-order valence-corrected chi connectivity index (χ3v) is 4.93. The molecule has 1 heterocycles. The van der Waals surface area contributed by atoms with Crippen LogP contribution in [0.2, 0.25) is 0 Å². The molecule has 5 heteroatoms. The molecule has 0 saturated carbocycles. The Bertz CT molecular complexity index is 721. The van der Waals surface area contributed by atoms with Crippen LogP contribution in [0.15, 0.2) is 42.5 Å². The van der Waals surface area contributed by atoms with Gasteiger partial charge in [0.05, 0.1) is 13.7 Å². The Balaban J connectivity index is 1.60. The first kappa shape index (κ1) is 19.6. The number of benzene rings is 2. The molecule has 1 aliphatic heterocycles. The minimum absolute atomic E-state index is 0.201. The molecule has 0 unspecified atom stereocenters. The Morgan fingerprint density at radius 3 is 2.74 bits per heavy atom. The summed E-state index contributed by atoms with van der Waals surface area (Å²) in [6.07, 6.45) is 2.28. The largest absolute Gasteiger partial charge is 0.496 e. The highest BCUT2D eigenvalue weighted by atomic mass is 19.1. The Kier molecular flexibility index (Phi) is 7.07. The zero-order chi connectivity index (χ0) is 19.1. The number of rotatable bonds is 8. The lowest BCUT2D eigenvalue weighted by molar-refractivity contribution is 0.131. The second-order valence-corrected chi connectivity index (χ2v) is 7.01. The molecule has 0 aromatic heterocycles. The van der Waals surface area contributed by atoms with Gasteiger partial charge in [-0.05, 0) is 68.3 Å². The van der Waals surface area contributed by atoms with E-state index in [4.69, 9.17) is 9.47 Å². The van der Waals surface area contributed by atoms with Gasteiger partial charge in [0.25, 0.3) is 0 Å². The van der Waals surface area contributed by atoms with Crippen LogP contribution in [0.25, 0.3) is 0 Å². The number of nitrogens with one attached hydrogen (secondary N) is 1. The quantitative estimate of drug-likeness (QED) is 0.742. The van der Waals surface area contributed by atoms with Crippen molar-refractivity contribution >= 4 is 5.69 Å². The number of nitrogens with zero attached hydrogens (tertiary/aromatic N) is 1. The number of likely N-dealkylation sites (tertiary alicyclic amines) is 1. The third kappa shape index (κ3) is 5.68. The second-order valence-electron chi connectivity index (χ2n) is 7.01. The first-order chi connectivity index (χ1) is 13.2. The summed E-state index contributed by atoms with van der Waals surface area (Å²) in [6.45, 7) is 6.24. The van der Waals surface area contributed by atoms with Gasteiger partial charge in [-0.2, -0.15) is 0 Å². The molecule has 0 spiro atoms. The van der Waals surface area contributed by atoms with Crippen molar-refractivity contribution in [2.75, 3.05) is 32.1 Å². The van der Waals surface area contributed by atoms with Crippen LogP contribution in [0.4, 0.5) is 10.1 Å². The molecule has 2 aromatic rings. The smallest absolute Gasteiger partial charge is 0.124 e. The van der Waals surface area contributed by atoms with Crippen molar-refractivity contribution in [3.05, 3.63) is 59.4 Å². The van der Waals surface area contributed by atoms with Gasteiger partial charge < -0.3 is 14.8 Å². The van der Waals surface area contributed by atoms with Crippen molar-refractivity contribution in [1.29, 1.82) is 0 Å². The zero-order valence-electron chi connectivity index (χ0n) is 16.2. The van der Waals surface area contributed by atoms with Crippen LogP contribution in [0.5, 0.6) is 5.75 Å². The van der Waals surface area contributed by atoms with Crippen LogP contribution in [0.1, 0.15) is 30.9 Å². The Morgan fingerprint density at radius 1 is 1.19 bits per heavy atom. The summed E-state index contributed by atoms with van der Waals surface area (Å²) in [5.74, 6) is 0.676. The summed E-state index contributed by atoms with van der Waals surface area (Å²) in [6, 6.07) is 13.3. The maximum atomic E-state index is 13.1. The molecule has 0 aliphatic carbocycles. The fraction of sp³-hybridized carbons (Fsp3) is 0.455. The van der Waals surface area contributed by atoms with Crippen molar-refractivity contribution in [3.8, 4) is 5.75 Å². The van der Waals surface area contributed by atoms with E-state index >= 15 is 0 Å². The van der Waals surface area contributed by atoms with Crippen LogP contribution in [-0.2, 0) is 17.9 Å². The van der Waals surface area contributed by atoms with E-state index in [2.05, 4.69) is 22.3 Å². The van der Waals surface area contributed by atoms with E-state index < -0.39 is 0 Å². The first-order valence-electron chi connectivity index (χ1n) is 9.66. The van der Waals surface area contributed by atoms with E-state index in [0.29, 0.717) is 19.3 Å². The molecule has 1 N–H and O–H groups in total. The fourth-order valence-electron chi connectivity index (χ4n) is 3.61. The molecule has 1 fully saturated rings. The average molecular weight is 372 g/mol. The van der Waals surface area contributed by atoms with E-state index in [9.17, 15) is 4.39 Å². The molecule has 4 nitrogen and oxygen atoms in total. The summed E-state index contributed by atoms with van der Waals surface area (Å²) >= 11 is 0. The van der Waals surface area contributed by atoms with Gasteiger partial charge in [0.1, 0.15) is 11.6 Å². The topological polar surface area (TPSA) is 33.7 Å². The number of anilines is 1. The van der Waals surface area contributed by atoms with E-state index in [1.165, 1.54) is 17.7 Å². The highest BCUT2D eigenvalue weighted by molar-refractivity contribution is 5.44. The SMILES string of the molecule is CCOCc1cc(CN2CCC[C@H](Nc3ccc(F)cc3)C2)ccc1OC. The molecule has 146 valence electrons. The molecule has 1 atom stereocenters. The average Bonchev–Trinajstić information content (AvgIpc) is 2.68. The van der Waals surface area contributed by atoms with E-state index in [1.807, 2.05) is 13.0 Å². The van der Waals surface area contributed by atoms with Gasteiger partial charge in [0, 0.05) is 37.0 Å². The van der Waals surface area contributed by atoms with E-state index in [0.717, 1.165) is 49.5 Å². The summed E-state index contributed by atoms with van der Waals surface area (Å²) in [4.78, 5) is 2.47. The highest BCUT2D eigenvalue weighted by Gasteiger charge is 2.20. The predicted octanol–water partition coefficient (Wildman–Crippen LogP) is 4.45. The summed E-state index contributed by atoms with van der Waals surface area (Å²) in [5, 5.41) is 3.53. The minimum Gasteiger partial charge on any atom is -0.496 e. The summed E-state index contributed by atoms with van der Waals surface area (Å²) in [7, 11) is 1.70. The van der Waals surface area contributed by atoms with Gasteiger partial charge in [-0.25, -0.2) is 4.39 Å². The Morgan fingerprint density at radius 2 is 2.00 bits per heavy atom. The molecule has 27 heavy (non-hydrogen) atoms. The van der Waals surface area contributed by atoms with Crippen molar-refractivity contribution in [2.24, 2.45) is 0 Å². The van der Waals surface area contributed by atoms with Crippen LogP contribution in [0.3, 0.4) is 0 Å². The van der Waals surface area contributed by atoms with Crippen molar-refractivity contribution in [2.45, 2.75) is 39.0 Å². The van der Waals surface area contributed by atoms with Crippen LogP contribution in [0, 0.1) is 5.82 Å². The molecular formula is C22H29FN2O2. The lowest BCUT2D eigenvalue weighted by atomic mass is 10.0. The molecule has 0 radical (unpaired) electrons. The lowest BCUT2D eigenvalue weighted by Gasteiger charge is -2.33. The molecule has 1 saturated heterocycles. The first-order valence-corrected chi connectivity index (χ1v) is 9.66. The van der Waals surface area contributed by atoms with Crippen LogP contribution >= 0.6 is 0 Å². The lowest BCUT2D eigenvalue weighted by Crippen LogP contribution is -2.41. The molecule has 0 bridgehead atoms. The molecule has 1 aliphatic rings. The predicted molar refractivity (Wildman–Crippen MR) is 107 cm³/mol. The minimum atomic E-state index is -0.201. The normalized spacial score (nSPS) is 17.7. The Hall–Kier alpha value is -2.11. The van der Waals surface area contributed by atoms with E-state index in [1.54, 1.807) is 19.2 Å². The van der Waals surface area contributed by atoms with E-state index in [-0.39, 0.29) is 5.82 Å². The number of ether oxygens (including phenoxy) is 2. The standard InChI is InChI=1S/C22H29FN2O2/c1-3-27-16-18-13-17(6-11-22(18)26-2)14-25-12-4-5-21(15-25)24-20-9-7-19(23)8-10-20/h6-11,13,21,24H,3-5,12,14-16H2,1-2H3/t21-/m0/s1. The number of hydrogen-bond donors (Lipinski definition) is 1. The fourth-order valence-corrected chi connectivity index (χ4v) is 3.61. The van der Waals surface area contributed by atoms with Crippen molar-refractivity contribution < 1.29 is 13.9 Å². The highest BCUT2D eigenvalue weighted by Crippen LogP contribution is 2.23. The van der Waals surface area contributed by atoms with Crippen molar-refractivity contribution in [3.63, 3.8) is 0 Å². The Labute approximate surface area is 161 Å². The monoisotopic (exact) mass is 372 g/mol. The van der Waals surface area contributed by atoms with Crippen molar-refractivity contribution in [1.82, 2.24) is 4.90 Å². The number of halogens is 1. The van der Waals surface area contributed by atoms with Crippen LogP contribution < -0.4 is 10.1 Å². The molecular weight excluding hydrogens is 343 g/mol. The summed E-state index contributed by atoms with van der Waals surface area (Å²) < 4.78 is 24.1. The maximum absolute atomic E-state index is 13.1.